The molecule has 1 saturated heterocycles. The van der Waals surface area contributed by atoms with E-state index in [9.17, 15) is 4.79 Å². The molecule has 1 aromatic heterocycles. The lowest BCUT2D eigenvalue weighted by atomic mass is 10.0. The largest absolute Gasteiger partial charge is 0.445 e. The van der Waals surface area contributed by atoms with Crippen LogP contribution in [0.1, 0.15) is 34.0 Å². The summed E-state index contributed by atoms with van der Waals surface area (Å²) in [5.41, 5.74) is 5.01. The standard InChI is InChI=1S/C25H27N5O2/c1-19-3-2-4-22(13-19)17-32-25(31)30-11-9-29(10-12-30)24(23-16-27-18-28-23)14-20-5-7-21(15-26)8-6-20/h2-8,13,16,18,24H,9-12,14,17H2,1H3,(H,27,28). The van der Waals surface area contributed by atoms with Gasteiger partial charge in [0.2, 0.25) is 0 Å². The molecule has 2 aromatic carbocycles. The average Bonchev–Trinajstić information content (AvgIpc) is 3.36. The summed E-state index contributed by atoms with van der Waals surface area (Å²) < 4.78 is 5.53. The van der Waals surface area contributed by atoms with Crippen molar-refractivity contribution in [3.05, 3.63) is 89.0 Å². The Bertz CT molecular complexity index is 1060. The van der Waals surface area contributed by atoms with E-state index in [1.165, 1.54) is 0 Å². The number of amides is 1. The van der Waals surface area contributed by atoms with Crippen LogP contribution < -0.4 is 0 Å². The molecule has 1 unspecified atom stereocenters. The van der Waals surface area contributed by atoms with E-state index in [0.717, 1.165) is 41.9 Å². The van der Waals surface area contributed by atoms with E-state index in [0.29, 0.717) is 18.7 Å². The summed E-state index contributed by atoms with van der Waals surface area (Å²) in [7, 11) is 0. The topological polar surface area (TPSA) is 85.2 Å². The van der Waals surface area contributed by atoms with Gasteiger partial charge in [0.15, 0.2) is 0 Å². The number of H-pyrrole nitrogens is 1. The highest BCUT2D eigenvalue weighted by Crippen LogP contribution is 2.25. The van der Waals surface area contributed by atoms with Gasteiger partial charge >= 0.3 is 6.09 Å². The van der Waals surface area contributed by atoms with Crippen molar-refractivity contribution < 1.29 is 9.53 Å². The first-order chi connectivity index (χ1) is 15.6. The fourth-order valence-electron chi connectivity index (χ4n) is 4.08. The summed E-state index contributed by atoms with van der Waals surface area (Å²) in [4.78, 5) is 24.1. The number of nitriles is 1. The second-order valence-electron chi connectivity index (χ2n) is 8.10. The first kappa shape index (κ1) is 21.6. The molecule has 0 bridgehead atoms. The lowest BCUT2D eigenvalue weighted by Gasteiger charge is -2.38. The van der Waals surface area contributed by atoms with E-state index in [2.05, 4.69) is 20.9 Å². The maximum absolute atomic E-state index is 12.6. The molecular weight excluding hydrogens is 402 g/mol. The normalized spacial score (nSPS) is 15.2. The maximum Gasteiger partial charge on any atom is 0.410 e. The van der Waals surface area contributed by atoms with E-state index in [4.69, 9.17) is 10.00 Å². The number of benzene rings is 2. The highest BCUT2D eigenvalue weighted by molar-refractivity contribution is 5.67. The van der Waals surface area contributed by atoms with Crippen molar-refractivity contribution in [3.8, 4) is 6.07 Å². The number of nitrogens with zero attached hydrogens (tertiary/aromatic N) is 4. The molecule has 32 heavy (non-hydrogen) atoms. The van der Waals surface area contributed by atoms with E-state index < -0.39 is 0 Å². The van der Waals surface area contributed by atoms with Crippen molar-refractivity contribution >= 4 is 6.09 Å². The molecule has 1 amide bonds. The van der Waals surface area contributed by atoms with Crippen LogP contribution in [0.5, 0.6) is 0 Å². The number of ether oxygens (including phenoxy) is 1. The Morgan fingerprint density at radius 3 is 2.59 bits per heavy atom. The fourth-order valence-corrected chi connectivity index (χ4v) is 4.08. The van der Waals surface area contributed by atoms with E-state index in [-0.39, 0.29) is 18.7 Å². The van der Waals surface area contributed by atoms with Gasteiger partial charge < -0.3 is 14.6 Å². The molecule has 0 saturated carbocycles. The van der Waals surface area contributed by atoms with E-state index in [1.54, 1.807) is 11.2 Å². The second-order valence-corrected chi connectivity index (χ2v) is 8.10. The lowest BCUT2D eigenvalue weighted by Crippen LogP contribution is -2.50. The molecule has 0 spiro atoms. The summed E-state index contributed by atoms with van der Waals surface area (Å²) in [6.07, 6.45) is 4.08. The van der Waals surface area contributed by atoms with E-state index >= 15 is 0 Å². The number of rotatable bonds is 6. The second kappa shape index (κ2) is 10.1. The molecule has 7 heteroatoms. The van der Waals surface area contributed by atoms with Crippen molar-refractivity contribution in [3.63, 3.8) is 0 Å². The SMILES string of the molecule is Cc1cccc(COC(=O)N2CCN(C(Cc3ccc(C#N)cc3)c3cnc[nH]3)CC2)c1. The molecule has 4 rings (SSSR count). The molecule has 1 aliphatic rings. The van der Waals surface area contributed by atoms with Crippen molar-refractivity contribution in [2.45, 2.75) is 26.0 Å². The summed E-state index contributed by atoms with van der Waals surface area (Å²) in [5, 5.41) is 9.04. The zero-order valence-electron chi connectivity index (χ0n) is 18.2. The molecule has 0 aliphatic carbocycles. The van der Waals surface area contributed by atoms with Crippen LogP contribution in [0, 0.1) is 18.3 Å². The molecule has 1 aliphatic heterocycles. The number of hydrogen-bond donors (Lipinski definition) is 1. The predicted octanol–water partition coefficient (Wildman–Crippen LogP) is 3.83. The Labute approximate surface area is 188 Å². The van der Waals surface area contributed by atoms with Gasteiger partial charge in [-0.15, -0.1) is 0 Å². The Balaban J connectivity index is 1.35. The minimum absolute atomic E-state index is 0.121. The Hall–Kier alpha value is -3.63. The highest BCUT2D eigenvalue weighted by Gasteiger charge is 2.28. The number of aromatic amines is 1. The van der Waals surface area contributed by atoms with Crippen LogP contribution in [0.4, 0.5) is 4.79 Å². The Morgan fingerprint density at radius 1 is 1.16 bits per heavy atom. The van der Waals surface area contributed by atoms with Crippen LogP contribution in [-0.4, -0.2) is 52.0 Å². The van der Waals surface area contributed by atoms with Gasteiger partial charge in [-0.25, -0.2) is 9.78 Å². The van der Waals surface area contributed by atoms with Gasteiger partial charge in [0.05, 0.1) is 29.7 Å². The van der Waals surface area contributed by atoms with Crippen LogP contribution in [0.25, 0.3) is 0 Å². The number of piperazine rings is 1. The minimum atomic E-state index is -0.267. The number of nitrogens with one attached hydrogen (secondary N) is 1. The van der Waals surface area contributed by atoms with Crippen LogP contribution in [0.3, 0.4) is 0 Å². The first-order valence-corrected chi connectivity index (χ1v) is 10.8. The third kappa shape index (κ3) is 5.34. The smallest absolute Gasteiger partial charge is 0.410 e. The fraction of sp³-hybridized carbons (Fsp3) is 0.320. The molecule has 7 nitrogen and oxygen atoms in total. The third-order valence-corrected chi connectivity index (χ3v) is 5.85. The number of hydrogen-bond acceptors (Lipinski definition) is 5. The van der Waals surface area contributed by atoms with Gasteiger partial charge in [-0.05, 0) is 36.6 Å². The third-order valence-electron chi connectivity index (χ3n) is 5.85. The van der Waals surface area contributed by atoms with Gasteiger partial charge in [-0.1, -0.05) is 42.0 Å². The van der Waals surface area contributed by atoms with Crippen LogP contribution in [-0.2, 0) is 17.8 Å². The number of imidazole rings is 1. The number of aromatic nitrogens is 2. The zero-order chi connectivity index (χ0) is 22.3. The van der Waals surface area contributed by atoms with Gasteiger partial charge in [0, 0.05) is 32.4 Å². The van der Waals surface area contributed by atoms with Crippen molar-refractivity contribution in [1.29, 1.82) is 5.26 Å². The summed E-state index contributed by atoms with van der Waals surface area (Å²) in [5.74, 6) is 0. The minimum Gasteiger partial charge on any atom is -0.445 e. The molecule has 0 radical (unpaired) electrons. The van der Waals surface area contributed by atoms with Crippen molar-refractivity contribution in [2.75, 3.05) is 26.2 Å². The summed E-state index contributed by atoms with van der Waals surface area (Å²) >= 11 is 0. The quantitative estimate of drug-likeness (QED) is 0.644. The van der Waals surface area contributed by atoms with Crippen molar-refractivity contribution in [1.82, 2.24) is 19.8 Å². The Kier molecular flexibility index (Phi) is 6.83. The molecular formula is C25H27N5O2. The number of carbonyl (C=O) groups is 1. The molecule has 1 atom stereocenters. The monoisotopic (exact) mass is 429 g/mol. The molecule has 1 fully saturated rings. The maximum atomic E-state index is 12.6. The van der Waals surface area contributed by atoms with Crippen LogP contribution in [0.2, 0.25) is 0 Å². The first-order valence-electron chi connectivity index (χ1n) is 10.8. The van der Waals surface area contributed by atoms with Gasteiger partial charge in [0.25, 0.3) is 0 Å². The number of carbonyl (C=O) groups excluding carboxylic acids is 1. The summed E-state index contributed by atoms with van der Waals surface area (Å²) in [6.45, 7) is 5.04. The number of aryl methyl sites for hydroxylation is 1. The van der Waals surface area contributed by atoms with Crippen LogP contribution >= 0.6 is 0 Å². The average molecular weight is 430 g/mol. The molecule has 164 valence electrons. The van der Waals surface area contributed by atoms with Gasteiger partial charge in [0.1, 0.15) is 6.61 Å². The van der Waals surface area contributed by atoms with Crippen LogP contribution in [0.15, 0.2) is 61.1 Å². The zero-order valence-corrected chi connectivity index (χ0v) is 18.2. The van der Waals surface area contributed by atoms with E-state index in [1.807, 2.05) is 61.7 Å². The summed E-state index contributed by atoms with van der Waals surface area (Å²) in [6, 6.07) is 18.0. The molecule has 3 aromatic rings. The lowest BCUT2D eigenvalue weighted by molar-refractivity contribution is 0.0588. The van der Waals surface area contributed by atoms with Gasteiger partial charge in [-0.3, -0.25) is 4.90 Å². The highest BCUT2D eigenvalue weighted by atomic mass is 16.6. The molecule has 2 heterocycles. The van der Waals surface area contributed by atoms with Crippen molar-refractivity contribution in [2.24, 2.45) is 0 Å². The predicted molar refractivity (Wildman–Crippen MR) is 121 cm³/mol. The Morgan fingerprint density at radius 2 is 1.94 bits per heavy atom. The molecule has 1 N–H and O–H groups in total. The van der Waals surface area contributed by atoms with Gasteiger partial charge in [-0.2, -0.15) is 5.26 Å².